The van der Waals surface area contributed by atoms with Crippen LogP contribution in [-0.2, 0) is 37.8 Å². The summed E-state index contributed by atoms with van der Waals surface area (Å²) in [6.07, 6.45) is 2.35. The van der Waals surface area contributed by atoms with E-state index in [2.05, 4.69) is 35.3 Å². The van der Waals surface area contributed by atoms with Crippen molar-refractivity contribution in [2.45, 2.75) is 77.0 Å². The molecule has 3 aromatic rings. The van der Waals surface area contributed by atoms with Gasteiger partial charge in [-0.05, 0) is 61.7 Å². The van der Waals surface area contributed by atoms with Crippen LogP contribution in [0.1, 0.15) is 49.3 Å². The van der Waals surface area contributed by atoms with Crippen LogP contribution >= 0.6 is 23.2 Å². The topological polar surface area (TPSA) is 102 Å². The second-order valence-corrected chi connectivity index (χ2v) is 18.5. The van der Waals surface area contributed by atoms with Crippen LogP contribution in [0.15, 0.2) is 36.7 Å². The lowest BCUT2D eigenvalue weighted by Crippen LogP contribution is -2.40. The van der Waals surface area contributed by atoms with Crippen molar-refractivity contribution >= 4 is 60.0 Å². The molecule has 1 aromatic heterocycles. The number of nitrogens with zero attached hydrogens (tertiary/aromatic N) is 2. The number of ether oxygens (including phenoxy) is 1. The number of halogens is 2. The lowest BCUT2D eigenvalue weighted by molar-refractivity contribution is -0.134. The zero-order valence-electron chi connectivity index (χ0n) is 23.6. The molecule has 40 heavy (non-hydrogen) atoms. The van der Waals surface area contributed by atoms with Crippen LogP contribution in [0.3, 0.4) is 0 Å². The number of aromatic nitrogens is 2. The smallest absolute Gasteiger partial charge is 0.234 e. The summed E-state index contributed by atoms with van der Waals surface area (Å²) in [6, 6.07) is 10.4. The molecule has 1 aliphatic heterocycles. The van der Waals surface area contributed by atoms with Gasteiger partial charge in [0.25, 0.3) is 0 Å². The summed E-state index contributed by atoms with van der Waals surface area (Å²) in [4.78, 5) is 41.6. The Morgan fingerprint density at radius 2 is 1.88 bits per heavy atom. The fraction of sp³-hybridized carbons (Fsp3) is 0.448. The maximum Gasteiger partial charge on any atom is 0.234 e. The number of imide groups is 1. The molecule has 1 saturated heterocycles. The van der Waals surface area contributed by atoms with Gasteiger partial charge in [-0.15, -0.1) is 0 Å². The van der Waals surface area contributed by atoms with Crippen LogP contribution in [0.25, 0.3) is 11.0 Å². The van der Waals surface area contributed by atoms with Crippen LogP contribution in [0.2, 0.25) is 35.7 Å². The van der Waals surface area contributed by atoms with E-state index < -0.39 is 25.3 Å². The highest BCUT2D eigenvalue weighted by molar-refractivity contribution is 6.76. The second-order valence-electron chi connectivity index (χ2n) is 12.1. The van der Waals surface area contributed by atoms with Gasteiger partial charge in [0.05, 0.1) is 28.7 Å². The van der Waals surface area contributed by atoms with E-state index in [1.165, 1.54) is 0 Å². The molecule has 3 amide bonds. The van der Waals surface area contributed by atoms with E-state index in [1.54, 1.807) is 18.5 Å². The minimum atomic E-state index is -1.15. The molecule has 4 rings (SSSR count). The highest BCUT2D eigenvalue weighted by atomic mass is 35.5. The Kier molecular flexibility index (Phi) is 9.09. The summed E-state index contributed by atoms with van der Waals surface area (Å²) >= 11 is 13.0. The molecule has 2 N–H and O–H groups in total. The van der Waals surface area contributed by atoms with Crippen LogP contribution in [-0.4, -0.2) is 42.0 Å². The van der Waals surface area contributed by atoms with E-state index in [-0.39, 0.29) is 24.8 Å². The first kappa shape index (κ1) is 30.2. The van der Waals surface area contributed by atoms with Crippen molar-refractivity contribution in [1.29, 1.82) is 0 Å². The number of fused-ring (bicyclic) bond motifs is 1. The maximum absolute atomic E-state index is 13.3. The van der Waals surface area contributed by atoms with Crippen LogP contribution in [0.5, 0.6) is 0 Å². The van der Waals surface area contributed by atoms with Crippen molar-refractivity contribution in [3.63, 3.8) is 0 Å². The molecule has 0 radical (unpaired) electrons. The number of piperidine rings is 1. The number of nitrogens with one attached hydrogen (secondary N) is 2. The van der Waals surface area contributed by atoms with E-state index >= 15 is 0 Å². The van der Waals surface area contributed by atoms with Gasteiger partial charge in [0.15, 0.2) is 0 Å². The van der Waals surface area contributed by atoms with Gasteiger partial charge in [0.2, 0.25) is 17.7 Å². The minimum absolute atomic E-state index is 0.164. The molecule has 0 bridgehead atoms. The summed E-state index contributed by atoms with van der Waals surface area (Å²) in [6.45, 7) is 12.1. The fourth-order valence-electron chi connectivity index (χ4n) is 4.67. The molecule has 0 spiro atoms. The largest absolute Gasteiger partial charge is 0.361 e. The number of benzene rings is 2. The van der Waals surface area contributed by atoms with Gasteiger partial charge in [-0.2, -0.15) is 0 Å². The van der Waals surface area contributed by atoms with Gasteiger partial charge < -0.3 is 14.6 Å². The van der Waals surface area contributed by atoms with Gasteiger partial charge in [-0.1, -0.05) is 48.9 Å². The molecular formula is C29H36Cl2N4O4Si. The number of hydrogen-bond acceptors (Lipinski definition) is 5. The lowest BCUT2D eigenvalue weighted by atomic mass is 9.83. The number of carbonyl (C=O) groups excluding carboxylic acids is 3. The molecule has 0 aliphatic carbocycles. The standard InChI is InChI=1S/C29H36Cl2N4O4Si/c1-29(2,19-6-8-24-23(14-19)33-16-35(24)17-39-10-11-40(3,4)5)28(38)32-15-18-12-21(30)26(22(31)13-18)20-7-9-25(36)34-27(20)37/h6,8,12-14,16,20H,7,9-11,15,17H2,1-5H3,(H,32,38)(H,34,36,37). The quantitative estimate of drug-likeness (QED) is 0.174. The molecule has 2 heterocycles. The zero-order valence-corrected chi connectivity index (χ0v) is 26.1. The lowest BCUT2D eigenvalue weighted by Gasteiger charge is -2.25. The van der Waals surface area contributed by atoms with Gasteiger partial charge in [0, 0.05) is 43.3 Å². The van der Waals surface area contributed by atoms with Gasteiger partial charge >= 0.3 is 0 Å². The van der Waals surface area contributed by atoms with Crippen LogP contribution in [0.4, 0.5) is 0 Å². The van der Waals surface area contributed by atoms with E-state index in [1.807, 2.05) is 36.6 Å². The van der Waals surface area contributed by atoms with Crippen LogP contribution in [0, 0.1) is 0 Å². The van der Waals surface area contributed by atoms with Gasteiger partial charge in [0.1, 0.15) is 6.73 Å². The molecule has 1 fully saturated rings. The number of rotatable bonds is 10. The molecule has 0 saturated carbocycles. The van der Waals surface area contributed by atoms with E-state index in [4.69, 9.17) is 27.9 Å². The van der Waals surface area contributed by atoms with Crippen molar-refractivity contribution in [3.8, 4) is 0 Å². The molecule has 1 atom stereocenters. The SMILES string of the molecule is CC(C)(C(=O)NCc1cc(Cl)c(C2CCC(=O)NC2=O)c(Cl)c1)c1ccc2c(c1)ncn2COCC[Si](C)(C)C. The van der Waals surface area contributed by atoms with Gasteiger partial charge in [-0.3, -0.25) is 19.7 Å². The van der Waals surface area contributed by atoms with Crippen molar-refractivity contribution in [1.82, 2.24) is 20.2 Å². The van der Waals surface area contributed by atoms with E-state index in [0.29, 0.717) is 34.3 Å². The Hall–Kier alpha value is -2.72. The highest BCUT2D eigenvalue weighted by Gasteiger charge is 2.32. The van der Waals surface area contributed by atoms with E-state index in [0.717, 1.165) is 29.2 Å². The molecule has 214 valence electrons. The van der Waals surface area contributed by atoms with E-state index in [9.17, 15) is 14.4 Å². The number of amides is 3. The first-order valence-corrected chi connectivity index (χ1v) is 17.9. The molecule has 1 unspecified atom stereocenters. The average Bonchev–Trinajstić information content (AvgIpc) is 3.27. The molecule has 1 aliphatic rings. The summed E-state index contributed by atoms with van der Waals surface area (Å²) in [5.74, 6) is -1.46. The Labute approximate surface area is 245 Å². The van der Waals surface area contributed by atoms with Crippen molar-refractivity contribution in [3.05, 3.63) is 63.4 Å². The Morgan fingerprint density at radius 1 is 1.18 bits per heavy atom. The normalized spacial score (nSPS) is 16.3. The van der Waals surface area contributed by atoms with Crippen molar-refractivity contribution < 1.29 is 19.1 Å². The predicted molar refractivity (Wildman–Crippen MR) is 160 cm³/mol. The first-order valence-electron chi connectivity index (χ1n) is 13.4. The highest BCUT2D eigenvalue weighted by Crippen LogP contribution is 2.37. The van der Waals surface area contributed by atoms with Gasteiger partial charge in [-0.25, -0.2) is 4.98 Å². The molecule has 2 aromatic carbocycles. The average molecular weight is 604 g/mol. The third kappa shape index (κ3) is 6.94. The zero-order chi connectivity index (χ0) is 29.2. The molecular weight excluding hydrogens is 567 g/mol. The summed E-state index contributed by atoms with van der Waals surface area (Å²) in [5, 5.41) is 5.98. The first-order chi connectivity index (χ1) is 18.8. The van der Waals surface area contributed by atoms with Crippen molar-refractivity contribution in [2.24, 2.45) is 0 Å². The Balaban J connectivity index is 1.41. The second kappa shape index (κ2) is 12.0. The van der Waals surface area contributed by atoms with Crippen LogP contribution < -0.4 is 10.6 Å². The fourth-order valence-corrected chi connectivity index (χ4v) is 6.22. The number of carbonyl (C=O) groups is 3. The summed E-state index contributed by atoms with van der Waals surface area (Å²) in [7, 11) is -1.15. The third-order valence-corrected chi connectivity index (χ3v) is 9.65. The Morgan fingerprint density at radius 3 is 2.52 bits per heavy atom. The predicted octanol–water partition coefficient (Wildman–Crippen LogP) is 5.77. The minimum Gasteiger partial charge on any atom is -0.361 e. The summed E-state index contributed by atoms with van der Waals surface area (Å²) < 4.78 is 7.86. The molecule has 8 nitrogen and oxygen atoms in total. The number of imidazole rings is 1. The monoisotopic (exact) mass is 602 g/mol. The third-order valence-electron chi connectivity index (χ3n) is 7.32. The summed E-state index contributed by atoms with van der Waals surface area (Å²) in [5.41, 5.74) is 2.97. The van der Waals surface area contributed by atoms with Crippen molar-refractivity contribution in [2.75, 3.05) is 6.61 Å². The maximum atomic E-state index is 13.3. The Bertz CT molecular complexity index is 1420. The molecule has 11 heteroatoms. The number of hydrogen-bond donors (Lipinski definition) is 2.